The topological polar surface area (TPSA) is 18.5 Å². The molecule has 4 heteroatoms. The largest absolute Gasteiger partial charge is 0.494 e. The molecule has 0 amide bonds. The number of hydrogen-bond donors (Lipinski definition) is 0. The molecular formula is C16H18BClO2. The molecule has 2 aromatic carbocycles. The molecule has 1 fully saturated rings. The van der Waals surface area contributed by atoms with Crippen LogP contribution in [-0.2, 0) is 9.31 Å². The van der Waals surface area contributed by atoms with E-state index in [1.165, 1.54) is 0 Å². The molecule has 0 radical (unpaired) electrons. The Hall–Kier alpha value is -1.03. The smallest absolute Gasteiger partial charge is 0.399 e. The first-order valence-electron chi connectivity index (χ1n) is 6.83. The van der Waals surface area contributed by atoms with E-state index in [2.05, 4.69) is 39.8 Å². The first-order chi connectivity index (χ1) is 9.28. The second-order valence-electron chi connectivity index (χ2n) is 6.34. The van der Waals surface area contributed by atoms with Gasteiger partial charge in [0.1, 0.15) is 0 Å². The lowest BCUT2D eigenvalue weighted by Gasteiger charge is -2.32. The fourth-order valence-electron chi connectivity index (χ4n) is 2.36. The molecule has 0 aliphatic carbocycles. The van der Waals surface area contributed by atoms with E-state index in [1.807, 2.05) is 24.3 Å². The Morgan fingerprint density at radius 2 is 1.40 bits per heavy atom. The number of rotatable bonds is 1. The first kappa shape index (κ1) is 13.9. The normalized spacial score (nSPS) is 20.6. The molecule has 3 rings (SSSR count). The van der Waals surface area contributed by atoms with Crippen LogP contribution in [0.2, 0.25) is 5.02 Å². The molecule has 0 unspecified atom stereocenters. The van der Waals surface area contributed by atoms with Crippen LogP contribution in [-0.4, -0.2) is 18.3 Å². The summed E-state index contributed by atoms with van der Waals surface area (Å²) in [7, 11) is -0.319. The van der Waals surface area contributed by atoms with E-state index in [-0.39, 0.29) is 18.3 Å². The lowest BCUT2D eigenvalue weighted by molar-refractivity contribution is 0.00578. The second kappa shape index (κ2) is 4.49. The van der Waals surface area contributed by atoms with Gasteiger partial charge in [-0.05, 0) is 56.1 Å². The number of fused-ring (bicyclic) bond motifs is 1. The van der Waals surface area contributed by atoms with Gasteiger partial charge in [0, 0.05) is 5.02 Å². The van der Waals surface area contributed by atoms with E-state index in [0.29, 0.717) is 0 Å². The molecule has 20 heavy (non-hydrogen) atoms. The number of halogens is 1. The molecule has 0 atom stereocenters. The van der Waals surface area contributed by atoms with Gasteiger partial charge in [-0.1, -0.05) is 35.9 Å². The van der Waals surface area contributed by atoms with E-state index < -0.39 is 0 Å². The first-order valence-corrected chi connectivity index (χ1v) is 7.21. The monoisotopic (exact) mass is 288 g/mol. The molecule has 1 aliphatic rings. The van der Waals surface area contributed by atoms with Crippen LogP contribution in [0.3, 0.4) is 0 Å². The van der Waals surface area contributed by atoms with Crippen LogP contribution in [0.1, 0.15) is 27.7 Å². The lowest BCUT2D eigenvalue weighted by Crippen LogP contribution is -2.41. The molecule has 2 nitrogen and oxygen atoms in total. The van der Waals surface area contributed by atoms with Gasteiger partial charge in [0.25, 0.3) is 0 Å². The van der Waals surface area contributed by atoms with E-state index >= 15 is 0 Å². The average molecular weight is 289 g/mol. The molecule has 0 bridgehead atoms. The molecule has 0 spiro atoms. The Balaban J connectivity index is 1.98. The van der Waals surface area contributed by atoms with Crippen molar-refractivity contribution in [3.05, 3.63) is 41.4 Å². The zero-order valence-corrected chi connectivity index (χ0v) is 13.0. The van der Waals surface area contributed by atoms with E-state index in [0.717, 1.165) is 21.3 Å². The highest BCUT2D eigenvalue weighted by Gasteiger charge is 2.51. The van der Waals surface area contributed by atoms with Gasteiger partial charge in [-0.15, -0.1) is 0 Å². The predicted octanol–water partition coefficient (Wildman–Crippen LogP) is 3.79. The summed E-state index contributed by atoms with van der Waals surface area (Å²) >= 11 is 6.01. The van der Waals surface area contributed by atoms with Crippen LogP contribution in [0.4, 0.5) is 0 Å². The fraction of sp³-hybridized carbons (Fsp3) is 0.375. The minimum absolute atomic E-state index is 0.313. The molecule has 1 aliphatic heterocycles. The summed E-state index contributed by atoms with van der Waals surface area (Å²) in [5.41, 5.74) is 0.414. The van der Waals surface area contributed by atoms with Crippen molar-refractivity contribution in [2.75, 3.05) is 0 Å². The standard InChI is InChI=1S/C16H18BClO2/c1-15(2)16(3,4)20-17(19-15)13-7-5-12-10-14(18)8-6-11(12)9-13/h5-10H,1-4H3. The molecule has 0 aromatic heterocycles. The van der Waals surface area contributed by atoms with E-state index in [4.69, 9.17) is 20.9 Å². The predicted molar refractivity (Wildman–Crippen MR) is 84.7 cm³/mol. The van der Waals surface area contributed by atoms with Crippen LogP contribution in [0.5, 0.6) is 0 Å². The Kier molecular flexibility index (Phi) is 3.13. The Labute approximate surface area is 125 Å². The molecule has 104 valence electrons. The zero-order valence-electron chi connectivity index (χ0n) is 12.2. The Morgan fingerprint density at radius 1 is 0.850 bits per heavy atom. The Morgan fingerprint density at radius 3 is 2.05 bits per heavy atom. The maximum absolute atomic E-state index is 6.07. The van der Waals surface area contributed by atoms with Crippen molar-refractivity contribution in [1.82, 2.24) is 0 Å². The van der Waals surface area contributed by atoms with Crippen LogP contribution >= 0.6 is 11.6 Å². The van der Waals surface area contributed by atoms with Crippen LogP contribution in [0, 0.1) is 0 Å². The van der Waals surface area contributed by atoms with Crippen molar-refractivity contribution in [3.63, 3.8) is 0 Å². The molecular weight excluding hydrogens is 270 g/mol. The number of hydrogen-bond acceptors (Lipinski definition) is 2. The van der Waals surface area contributed by atoms with Crippen LogP contribution < -0.4 is 5.46 Å². The minimum atomic E-state index is -0.319. The highest BCUT2D eigenvalue weighted by atomic mass is 35.5. The third-order valence-electron chi connectivity index (χ3n) is 4.35. The summed E-state index contributed by atoms with van der Waals surface area (Å²) < 4.78 is 12.1. The van der Waals surface area contributed by atoms with Crippen LogP contribution in [0.25, 0.3) is 10.8 Å². The molecule has 1 heterocycles. The van der Waals surface area contributed by atoms with Crippen molar-refractivity contribution in [2.24, 2.45) is 0 Å². The van der Waals surface area contributed by atoms with Crippen molar-refractivity contribution in [2.45, 2.75) is 38.9 Å². The summed E-state index contributed by atoms with van der Waals surface area (Å²) in [5.74, 6) is 0. The summed E-state index contributed by atoms with van der Waals surface area (Å²) in [6, 6.07) is 12.1. The second-order valence-corrected chi connectivity index (χ2v) is 6.78. The van der Waals surface area contributed by atoms with E-state index in [9.17, 15) is 0 Å². The van der Waals surface area contributed by atoms with Gasteiger partial charge in [-0.25, -0.2) is 0 Å². The van der Waals surface area contributed by atoms with Crippen molar-refractivity contribution in [1.29, 1.82) is 0 Å². The summed E-state index contributed by atoms with van der Waals surface area (Å²) in [6.45, 7) is 8.25. The highest BCUT2D eigenvalue weighted by molar-refractivity contribution is 6.62. The fourth-order valence-corrected chi connectivity index (χ4v) is 2.54. The number of benzene rings is 2. The van der Waals surface area contributed by atoms with Gasteiger partial charge in [-0.2, -0.15) is 0 Å². The zero-order chi connectivity index (χ0) is 14.5. The quantitative estimate of drug-likeness (QED) is 0.743. The summed E-state index contributed by atoms with van der Waals surface area (Å²) in [6.07, 6.45) is 0. The molecule has 2 aromatic rings. The minimum Gasteiger partial charge on any atom is -0.399 e. The van der Waals surface area contributed by atoms with Gasteiger partial charge >= 0.3 is 7.12 Å². The Bertz CT molecular complexity index is 651. The molecule has 0 saturated carbocycles. The molecule has 0 N–H and O–H groups in total. The van der Waals surface area contributed by atoms with Crippen molar-refractivity contribution < 1.29 is 9.31 Å². The van der Waals surface area contributed by atoms with Gasteiger partial charge in [-0.3, -0.25) is 0 Å². The maximum Gasteiger partial charge on any atom is 0.494 e. The van der Waals surface area contributed by atoms with Gasteiger partial charge < -0.3 is 9.31 Å². The van der Waals surface area contributed by atoms with E-state index in [1.54, 1.807) is 0 Å². The van der Waals surface area contributed by atoms with Gasteiger partial charge in [0.2, 0.25) is 0 Å². The summed E-state index contributed by atoms with van der Waals surface area (Å²) in [5, 5.41) is 3.01. The van der Waals surface area contributed by atoms with Gasteiger partial charge in [0.15, 0.2) is 0 Å². The maximum atomic E-state index is 6.07. The van der Waals surface area contributed by atoms with Crippen molar-refractivity contribution >= 4 is 35.0 Å². The SMILES string of the molecule is CC1(C)OB(c2ccc3cc(Cl)ccc3c2)OC1(C)C. The summed E-state index contributed by atoms with van der Waals surface area (Å²) in [4.78, 5) is 0. The van der Waals surface area contributed by atoms with Gasteiger partial charge in [0.05, 0.1) is 11.2 Å². The average Bonchev–Trinajstić information content (AvgIpc) is 2.58. The lowest BCUT2D eigenvalue weighted by atomic mass is 9.78. The van der Waals surface area contributed by atoms with Crippen LogP contribution in [0.15, 0.2) is 36.4 Å². The third kappa shape index (κ3) is 2.24. The van der Waals surface area contributed by atoms with Crippen molar-refractivity contribution in [3.8, 4) is 0 Å². The molecule has 1 saturated heterocycles. The highest BCUT2D eigenvalue weighted by Crippen LogP contribution is 2.36. The third-order valence-corrected chi connectivity index (χ3v) is 4.59.